The van der Waals surface area contributed by atoms with Crippen molar-refractivity contribution in [1.29, 1.82) is 0 Å². The van der Waals surface area contributed by atoms with E-state index in [1.807, 2.05) is 4.90 Å². The first-order chi connectivity index (χ1) is 7.60. The van der Waals surface area contributed by atoms with Crippen LogP contribution >= 0.6 is 0 Å². The fraction of sp³-hybridized carbons (Fsp3) is 0.917. The molecule has 1 amide bonds. The Morgan fingerprint density at radius 2 is 2.19 bits per heavy atom. The molecule has 0 aromatic carbocycles. The van der Waals surface area contributed by atoms with Crippen LogP contribution in [0.3, 0.4) is 0 Å². The van der Waals surface area contributed by atoms with Crippen LogP contribution in [-0.4, -0.2) is 55.0 Å². The smallest absolute Gasteiger partial charge is 0.227 e. The summed E-state index contributed by atoms with van der Waals surface area (Å²) in [5.74, 6) is 0.282. The molecule has 4 heteroatoms. The number of rotatable bonds is 4. The van der Waals surface area contributed by atoms with E-state index in [0.717, 1.165) is 32.5 Å². The van der Waals surface area contributed by atoms with E-state index in [4.69, 9.17) is 5.73 Å². The molecule has 0 spiro atoms. The van der Waals surface area contributed by atoms with Crippen molar-refractivity contribution in [3.8, 4) is 0 Å². The van der Waals surface area contributed by atoms with Gasteiger partial charge < -0.3 is 15.5 Å². The standard InChI is InChI=1S/C12H25N3O/c1-4-5-11(8-13)12(16)15-7-6-14(3)10(2)9-15/h10-11H,4-9,13H2,1-3H3. The minimum atomic E-state index is 0.0283. The lowest BCUT2D eigenvalue weighted by atomic mass is 10.0. The highest BCUT2D eigenvalue weighted by Gasteiger charge is 2.28. The Morgan fingerprint density at radius 1 is 1.50 bits per heavy atom. The van der Waals surface area contributed by atoms with Crippen molar-refractivity contribution in [2.45, 2.75) is 32.7 Å². The molecule has 0 aromatic rings. The first-order valence-electron chi connectivity index (χ1n) is 6.29. The predicted octanol–water partition coefficient (Wildman–Crippen LogP) is 0.524. The third-order valence-electron chi connectivity index (χ3n) is 3.54. The van der Waals surface area contributed by atoms with Crippen LogP contribution in [0.1, 0.15) is 26.7 Å². The van der Waals surface area contributed by atoms with Gasteiger partial charge in [-0.15, -0.1) is 0 Å². The maximum absolute atomic E-state index is 12.2. The highest BCUT2D eigenvalue weighted by molar-refractivity contribution is 5.79. The largest absolute Gasteiger partial charge is 0.340 e. The van der Waals surface area contributed by atoms with E-state index < -0.39 is 0 Å². The molecular formula is C12H25N3O. The van der Waals surface area contributed by atoms with Gasteiger partial charge in [0.25, 0.3) is 0 Å². The summed E-state index contributed by atoms with van der Waals surface area (Å²) in [6.45, 7) is 7.40. The molecule has 1 heterocycles. The lowest BCUT2D eigenvalue weighted by Gasteiger charge is -2.39. The first-order valence-corrected chi connectivity index (χ1v) is 6.29. The molecule has 2 atom stereocenters. The summed E-state index contributed by atoms with van der Waals surface area (Å²) in [6.07, 6.45) is 1.94. The molecule has 4 nitrogen and oxygen atoms in total. The van der Waals surface area contributed by atoms with Crippen LogP contribution < -0.4 is 5.73 Å². The zero-order valence-electron chi connectivity index (χ0n) is 10.8. The highest BCUT2D eigenvalue weighted by Crippen LogP contribution is 2.13. The number of carbonyl (C=O) groups is 1. The average molecular weight is 227 g/mol. The number of hydrogen-bond acceptors (Lipinski definition) is 3. The van der Waals surface area contributed by atoms with Crippen LogP contribution in [0.4, 0.5) is 0 Å². The van der Waals surface area contributed by atoms with Gasteiger partial charge in [0.15, 0.2) is 0 Å². The van der Waals surface area contributed by atoms with Crippen molar-refractivity contribution < 1.29 is 4.79 Å². The Balaban J connectivity index is 2.53. The molecular weight excluding hydrogens is 202 g/mol. The molecule has 1 aliphatic rings. The van der Waals surface area contributed by atoms with Crippen LogP contribution in [0.5, 0.6) is 0 Å². The average Bonchev–Trinajstić information content (AvgIpc) is 2.28. The lowest BCUT2D eigenvalue weighted by Crippen LogP contribution is -2.54. The summed E-state index contributed by atoms with van der Waals surface area (Å²) >= 11 is 0. The van der Waals surface area contributed by atoms with Crippen molar-refractivity contribution in [2.75, 3.05) is 33.2 Å². The number of nitrogens with zero attached hydrogens (tertiary/aromatic N) is 2. The summed E-state index contributed by atoms with van der Waals surface area (Å²) in [7, 11) is 2.11. The fourth-order valence-electron chi connectivity index (χ4n) is 2.20. The predicted molar refractivity (Wildman–Crippen MR) is 66.1 cm³/mol. The Labute approximate surface area is 98.8 Å². The van der Waals surface area contributed by atoms with E-state index in [1.54, 1.807) is 0 Å². The monoisotopic (exact) mass is 227 g/mol. The molecule has 2 unspecified atom stereocenters. The third-order valence-corrected chi connectivity index (χ3v) is 3.54. The van der Waals surface area contributed by atoms with Crippen molar-refractivity contribution in [2.24, 2.45) is 11.7 Å². The summed E-state index contributed by atoms with van der Waals surface area (Å²) in [4.78, 5) is 16.5. The van der Waals surface area contributed by atoms with Crippen molar-refractivity contribution >= 4 is 5.91 Å². The van der Waals surface area contributed by atoms with Gasteiger partial charge in [0.05, 0.1) is 5.92 Å². The van der Waals surface area contributed by atoms with E-state index in [2.05, 4.69) is 25.8 Å². The number of amides is 1. The number of carbonyl (C=O) groups excluding carboxylic acids is 1. The van der Waals surface area contributed by atoms with Crippen LogP contribution in [0.25, 0.3) is 0 Å². The summed E-state index contributed by atoms with van der Waals surface area (Å²) in [5.41, 5.74) is 5.67. The topological polar surface area (TPSA) is 49.6 Å². The molecule has 16 heavy (non-hydrogen) atoms. The zero-order chi connectivity index (χ0) is 12.1. The van der Waals surface area contributed by atoms with Gasteiger partial charge in [-0.05, 0) is 20.4 Å². The van der Waals surface area contributed by atoms with E-state index in [0.29, 0.717) is 12.6 Å². The maximum Gasteiger partial charge on any atom is 0.227 e. The van der Waals surface area contributed by atoms with Crippen LogP contribution in [-0.2, 0) is 4.79 Å². The highest BCUT2D eigenvalue weighted by atomic mass is 16.2. The van der Waals surface area contributed by atoms with Gasteiger partial charge in [-0.1, -0.05) is 13.3 Å². The van der Waals surface area contributed by atoms with Gasteiger partial charge >= 0.3 is 0 Å². The van der Waals surface area contributed by atoms with Gasteiger partial charge in [-0.2, -0.15) is 0 Å². The number of hydrogen-bond donors (Lipinski definition) is 1. The van der Waals surface area contributed by atoms with Gasteiger partial charge in [-0.25, -0.2) is 0 Å². The molecule has 1 rings (SSSR count). The van der Waals surface area contributed by atoms with Crippen LogP contribution in [0.15, 0.2) is 0 Å². The van der Waals surface area contributed by atoms with E-state index in [1.165, 1.54) is 0 Å². The van der Waals surface area contributed by atoms with E-state index >= 15 is 0 Å². The number of likely N-dealkylation sites (N-methyl/N-ethyl adjacent to an activating group) is 1. The summed E-state index contributed by atoms with van der Waals surface area (Å²) in [5, 5.41) is 0. The summed E-state index contributed by atoms with van der Waals surface area (Å²) < 4.78 is 0. The minimum Gasteiger partial charge on any atom is -0.340 e. The second kappa shape index (κ2) is 6.21. The Kier molecular flexibility index (Phi) is 5.22. The molecule has 0 saturated carbocycles. The molecule has 0 radical (unpaired) electrons. The molecule has 0 aromatic heterocycles. The Hall–Kier alpha value is -0.610. The Morgan fingerprint density at radius 3 is 2.69 bits per heavy atom. The minimum absolute atomic E-state index is 0.0283. The SMILES string of the molecule is CCCC(CN)C(=O)N1CCN(C)C(C)C1. The molecule has 2 N–H and O–H groups in total. The molecule has 94 valence electrons. The number of nitrogens with two attached hydrogens (primary N) is 1. The van der Waals surface area contributed by atoms with Gasteiger partial charge in [-0.3, -0.25) is 4.79 Å². The lowest BCUT2D eigenvalue weighted by molar-refractivity contribution is -0.138. The summed E-state index contributed by atoms with van der Waals surface area (Å²) in [6, 6.07) is 0.456. The second-order valence-electron chi connectivity index (χ2n) is 4.84. The van der Waals surface area contributed by atoms with Crippen molar-refractivity contribution in [3.05, 3.63) is 0 Å². The molecule has 0 aliphatic carbocycles. The van der Waals surface area contributed by atoms with Gasteiger partial charge in [0.1, 0.15) is 0 Å². The third kappa shape index (κ3) is 3.19. The van der Waals surface area contributed by atoms with Gasteiger partial charge in [0.2, 0.25) is 5.91 Å². The quantitative estimate of drug-likeness (QED) is 0.762. The zero-order valence-corrected chi connectivity index (χ0v) is 10.8. The van der Waals surface area contributed by atoms with Crippen molar-refractivity contribution in [1.82, 2.24) is 9.80 Å². The van der Waals surface area contributed by atoms with Crippen molar-refractivity contribution in [3.63, 3.8) is 0 Å². The second-order valence-corrected chi connectivity index (χ2v) is 4.84. The van der Waals surface area contributed by atoms with E-state index in [-0.39, 0.29) is 11.8 Å². The van der Waals surface area contributed by atoms with Crippen LogP contribution in [0.2, 0.25) is 0 Å². The number of piperazine rings is 1. The maximum atomic E-state index is 12.2. The molecule has 0 bridgehead atoms. The molecule has 1 fully saturated rings. The Bertz CT molecular complexity index is 232. The van der Waals surface area contributed by atoms with E-state index in [9.17, 15) is 4.79 Å². The fourth-order valence-corrected chi connectivity index (χ4v) is 2.20. The van der Waals surface area contributed by atoms with Crippen LogP contribution in [0, 0.1) is 5.92 Å². The molecule has 1 saturated heterocycles. The molecule has 1 aliphatic heterocycles. The first kappa shape index (κ1) is 13.5. The normalized spacial score (nSPS) is 24.5. The van der Waals surface area contributed by atoms with Gasteiger partial charge in [0, 0.05) is 32.2 Å².